The van der Waals surface area contributed by atoms with Crippen LogP contribution in [-0.2, 0) is 0 Å². The van der Waals surface area contributed by atoms with E-state index in [0.717, 1.165) is 15.2 Å². The van der Waals surface area contributed by atoms with E-state index >= 15 is 0 Å². The molecule has 2 aromatic carbocycles. The SMILES string of the molecule is N#Cc1cc2cc(Br)ccc2cc1F. The maximum atomic E-state index is 13.2. The molecule has 0 heterocycles. The summed E-state index contributed by atoms with van der Waals surface area (Å²) in [4.78, 5) is 0. The molecule has 14 heavy (non-hydrogen) atoms. The fourth-order valence-corrected chi connectivity index (χ4v) is 1.71. The molecule has 0 radical (unpaired) electrons. The lowest BCUT2D eigenvalue weighted by molar-refractivity contribution is 0.626. The average molecular weight is 250 g/mol. The van der Waals surface area contributed by atoms with Crippen molar-refractivity contribution in [1.29, 1.82) is 5.26 Å². The molecule has 0 aliphatic carbocycles. The van der Waals surface area contributed by atoms with Crippen molar-refractivity contribution in [3.63, 3.8) is 0 Å². The quantitative estimate of drug-likeness (QED) is 0.700. The number of fused-ring (bicyclic) bond motifs is 1. The normalized spacial score (nSPS) is 10.1. The van der Waals surface area contributed by atoms with Gasteiger partial charge in [-0.05, 0) is 35.0 Å². The molecular weight excluding hydrogens is 245 g/mol. The molecule has 0 bridgehead atoms. The Morgan fingerprint density at radius 3 is 2.64 bits per heavy atom. The van der Waals surface area contributed by atoms with Crippen molar-refractivity contribution in [2.24, 2.45) is 0 Å². The maximum absolute atomic E-state index is 13.2. The lowest BCUT2D eigenvalue weighted by Crippen LogP contribution is -1.84. The van der Waals surface area contributed by atoms with Crippen LogP contribution in [0.1, 0.15) is 5.56 Å². The first kappa shape index (κ1) is 9.17. The van der Waals surface area contributed by atoms with Gasteiger partial charge in [0.2, 0.25) is 0 Å². The predicted octanol–water partition coefficient (Wildman–Crippen LogP) is 3.61. The third-order valence-electron chi connectivity index (χ3n) is 2.01. The van der Waals surface area contributed by atoms with Gasteiger partial charge in [-0.15, -0.1) is 0 Å². The summed E-state index contributed by atoms with van der Waals surface area (Å²) in [6.45, 7) is 0. The minimum absolute atomic E-state index is 0.0793. The molecule has 68 valence electrons. The Hall–Kier alpha value is -1.40. The Labute approximate surface area is 88.9 Å². The number of benzene rings is 2. The van der Waals surface area contributed by atoms with E-state index in [1.165, 1.54) is 6.07 Å². The van der Waals surface area contributed by atoms with E-state index in [1.54, 1.807) is 6.07 Å². The standard InChI is InChI=1S/C11H5BrFN/c12-10-2-1-7-5-11(13)9(6-14)3-8(7)4-10/h1-5H. The van der Waals surface area contributed by atoms with Crippen LogP contribution in [0.15, 0.2) is 34.8 Å². The van der Waals surface area contributed by atoms with Crippen LogP contribution in [0.25, 0.3) is 10.8 Å². The van der Waals surface area contributed by atoms with Crippen molar-refractivity contribution in [1.82, 2.24) is 0 Å². The van der Waals surface area contributed by atoms with Crippen molar-refractivity contribution < 1.29 is 4.39 Å². The zero-order valence-corrected chi connectivity index (χ0v) is 8.68. The van der Waals surface area contributed by atoms with Gasteiger partial charge in [0.15, 0.2) is 0 Å². The Morgan fingerprint density at radius 1 is 1.14 bits per heavy atom. The number of hydrogen-bond donors (Lipinski definition) is 0. The van der Waals surface area contributed by atoms with Gasteiger partial charge in [0.05, 0.1) is 5.56 Å². The minimum atomic E-state index is -0.470. The first-order chi connectivity index (χ1) is 6.70. The van der Waals surface area contributed by atoms with Gasteiger partial charge in [-0.2, -0.15) is 5.26 Å². The topological polar surface area (TPSA) is 23.8 Å². The molecular formula is C11H5BrFN. The van der Waals surface area contributed by atoms with E-state index in [9.17, 15) is 4.39 Å². The average Bonchev–Trinajstić information content (AvgIpc) is 2.17. The van der Waals surface area contributed by atoms with Crippen LogP contribution in [0.4, 0.5) is 4.39 Å². The maximum Gasteiger partial charge on any atom is 0.141 e. The summed E-state index contributed by atoms with van der Waals surface area (Å²) < 4.78 is 14.1. The molecule has 2 rings (SSSR count). The van der Waals surface area contributed by atoms with Gasteiger partial charge in [-0.3, -0.25) is 0 Å². The fourth-order valence-electron chi connectivity index (χ4n) is 1.33. The smallest absolute Gasteiger partial charge is 0.141 e. The third kappa shape index (κ3) is 1.49. The van der Waals surface area contributed by atoms with Gasteiger partial charge in [0.1, 0.15) is 11.9 Å². The lowest BCUT2D eigenvalue weighted by atomic mass is 10.1. The van der Waals surface area contributed by atoms with E-state index in [2.05, 4.69) is 15.9 Å². The molecule has 0 unspecified atom stereocenters. The van der Waals surface area contributed by atoms with Crippen molar-refractivity contribution in [2.75, 3.05) is 0 Å². The number of nitrogens with zero attached hydrogens (tertiary/aromatic N) is 1. The molecule has 0 aliphatic rings. The molecule has 0 fully saturated rings. The molecule has 3 heteroatoms. The summed E-state index contributed by atoms with van der Waals surface area (Å²) in [5, 5.41) is 10.3. The van der Waals surface area contributed by atoms with Gasteiger partial charge < -0.3 is 0 Å². The number of nitriles is 1. The van der Waals surface area contributed by atoms with Crippen LogP contribution in [-0.4, -0.2) is 0 Å². The first-order valence-corrected chi connectivity index (χ1v) is 4.79. The number of halogens is 2. The molecule has 0 aromatic heterocycles. The Morgan fingerprint density at radius 2 is 1.93 bits per heavy atom. The van der Waals surface area contributed by atoms with Gasteiger partial charge in [0, 0.05) is 4.47 Å². The highest BCUT2D eigenvalue weighted by Gasteiger charge is 2.03. The minimum Gasteiger partial charge on any atom is -0.206 e. The van der Waals surface area contributed by atoms with Gasteiger partial charge in [-0.1, -0.05) is 22.0 Å². The monoisotopic (exact) mass is 249 g/mol. The van der Waals surface area contributed by atoms with Crippen LogP contribution in [0.5, 0.6) is 0 Å². The second kappa shape index (κ2) is 3.39. The van der Waals surface area contributed by atoms with E-state index in [-0.39, 0.29) is 5.56 Å². The van der Waals surface area contributed by atoms with Crippen molar-refractivity contribution in [3.8, 4) is 6.07 Å². The predicted molar refractivity (Wildman–Crippen MR) is 56.3 cm³/mol. The summed E-state index contributed by atoms with van der Waals surface area (Å²) in [7, 11) is 0. The number of rotatable bonds is 0. The summed E-state index contributed by atoms with van der Waals surface area (Å²) in [5.74, 6) is -0.470. The second-order valence-electron chi connectivity index (χ2n) is 2.94. The first-order valence-electron chi connectivity index (χ1n) is 3.99. The summed E-state index contributed by atoms with van der Waals surface area (Å²) in [5.41, 5.74) is 0.0793. The van der Waals surface area contributed by atoms with Gasteiger partial charge >= 0.3 is 0 Å². The third-order valence-corrected chi connectivity index (χ3v) is 2.50. The highest BCUT2D eigenvalue weighted by molar-refractivity contribution is 9.10. The van der Waals surface area contributed by atoms with E-state index in [4.69, 9.17) is 5.26 Å². The molecule has 0 N–H and O–H groups in total. The number of hydrogen-bond acceptors (Lipinski definition) is 1. The van der Waals surface area contributed by atoms with Crippen molar-refractivity contribution in [2.45, 2.75) is 0 Å². The summed E-state index contributed by atoms with van der Waals surface area (Å²) in [6.07, 6.45) is 0. The molecule has 0 amide bonds. The van der Waals surface area contributed by atoms with Crippen molar-refractivity contribution >= 4 is 26.7 Å². The lowest BCUT2D eigenvalue weighted by Gasteiger charge is -2.00. The summed E-state index contributed by atoms with van der Waals surface area (Å²) in [6, 6.07) is 10.2. The summed E-state index contributed by atoms with van der Waals surface area (Å²) >= 11 is 3.32. The Kier molecular flexibility index (Phi) is 2.22. The zero-order valence-electron chi connectivity index (χ0n) is 7.09. The van der Waals surface area contributed by atoms with Crippen molar-refractivity contribution in [3.05, 3.63) is 46.2 Å². The molecule has 0 aliphatic heterocycles. The molecule has 1 nitrogen and oxygen atoms in total. The van der Waals surface area contributed by atoms with Gasteiger partial charge in [-0.25, -0.2) is 4.39 Å². The fraction of sp³-hybridized carbons (Fsp3) is 0. The molecule has 0 spiro atoms. The van der Waals surface area contributed by atoms with Crippen LogP contribution in [0.3, 0.4) is 0 Å². The van der Waals surface area contributed by atoms with Crippen LogP contribution >= 0.6 is 15.9 Å². The Balaban J connectivity index is 2.82. The molecule has 0 saturated carbocycles. The molecule has 2 aromatic rings. The van der Waals surface area contributed by atoms with Crippen LogP contribution in [0.2, 0.25) is 0 Å². The van der Waals surface area contributed by atoms with E-state index < -0.39 is 5.82 Å². The van der Waals surface area contributed by atoms with Gasteiger partial charge in [0.25, 0.3) is 0 Å². The van der Waals surface area contributed by atoms with Crippen LogP contribution < -0.4 is 0 Å². The molecule has 0 atom stereocenters. The molecule has 0 saturated heterocycles. The second-order valence-corrected chi connectivity index (χ2v) is 3.85. The zero-order chi connectivity index (χ0) is 10.1. The highest BCUT2D eigenvalue weighted by atomic mass is 79.9. The largest absolute Gasteiger partial charge is 0.206 e. The Bertz CT molecular complexity index is 543. The van der Waals surface area contributed by atoms with Crippen LogP contribution in [0, 0.1) is 17.1 Å². The van der Waals surface area contributed by atoms with E-state index in [0.29, 0.717) is 0 Å². The highest BCUT2D eigenvalue weighted by Crippen LogP contribution is 2.22. The van der Waals surface area contributed by atoms with E-state index in [1.807, 2.05) is 24.3 Å².